The summed E-state index contributed by atoms with van der Waals surface area (Å²) in [5, 5.41) is 5.19. The molecule has 0 atom stereocenters. The molecule has 0 spiro atoms. The predicted molar refractivity (Wildman–Crippen MR) is 86.0 cm³/mol. The number of carbonyl (C=O) groups is 2. The number of carbonyl (C=O) groups excluding carboxylic acids is 2. The van der Waals surface area contributed by atoms with E-state index >= 15 is 0 Å². The van der Waals surface area contributed by atoms with Crippen molar-refractivity contribution in [3.05, 3.63) is 47.8 Å². The number of pyridine rings is 2. The number of anilines is 2. The molecule has 0 aliphatic carbocycles. The average Bonchev–Trinajstić information content (AvgIpc) is 2.47. The van der Waals surface area contributed by atoms with E-state index in [4.69, 9.17) is 4.74 Å². The van der Waals surface area contributed by atoms with Crippen molar-refractivity contribution in [3.8, 4) is 0 Å². The Hall–Kier alpha value is -2.80. The Kier molecular flexibility index (Phi) is 5.76. The molecule has 2 amide bonds. The van der Waals surface area contributed by atoms with Crippen molar-refractivity contribution in [1.82, 2.24) is 9.97 Å². The molecule has 0 saturated carbocycles. The van der Waals surface area contributed by atoms with E-state index in [1.807, 2.05) is 26.0 Å². The van der Waals surface area contributed by atoms with Gasteiger partial charge in [-0.3, -0.25) is 9.59 Å². The first-order chi connectivity index (χ1) is 11.0. The van der Waals surface area contributed by atoms with E-state index in [9.17, 15) is 9.59 Å². The molecule has 2 heterocycles. The normalized spacial score (nSPS) is 10.2. The van der Waals surface area contributed by atoms with Crippen molar-refractivity contribution in [3.63, 3.8) is 0 Å². The van der Waals surface area contributed by atoms with E-state index in [1.54, 1.807) is 24.5 Å². The van der Waals surface area contributed by atoms with Gasteiger partial charge >= 0.3 is 0 Å². The molecule has 23 heavy (non-hydrogen) atoms. The van der Waals surface area contributed by atoms with E-state index < -0.39 is 0 Å². The Morgan fingerprint density at radius 2 is 1.35 bits per heavy atom. The van der Waals surface area contributed by atoms with E-state index in [1.165, 1.54) is 0 Å². The number of aryl methyl sites for hydroxylation is 2. The number of nitrogens with zero attached hydrogens (tertiary/aromatic N) is 2. The summed E-state index contributed by atoms with van der Waals surface area (Å²) < 4.78 is 5.08. The van der Waals surface area contributed by atoms with Gasteiger partial charge in [0.15, 0.2) is 0 Å². The Labute approximate surface area is 134 Å². The van der Waals surface area contributed by atoms with Crippen LogP contribution in [0.2, 0.25) is 0 Å². The van der Waals surface area contributed by atoms with Crippen LogP contribution in [0.25, 0.3) is 0 Å². The molecule has 2 N–H and O–H groups in total. The molecule has 0 bridgehead atoms. The quantitative estimate of drug-likeness (QED) is 0.846. The summed E-state index contributed by atoms with van der Waals surface area (Å²) in [6.45, 7) is 3.34. The fourth-order valence-corrected chi connectivity index (χ4v) is 1.80. The molecule has 0 radical (unpaired) electrons. The first-order valence-corrected chi connectivity index (χ1v) is 7.06. The minimum atomic E-state index is -0.371. The van der Waals surface area contributed by atoms with Gasteiger partial charge in [-0.15, -0.1) is 0 Å². The van der Waals surface area contributed by atoms with Crippen LogP contribution in [-0.2, 0) is 14.3 Å². The number of nitrogens with one attached hydrogen (secondary N) is 2. The highest BCUT2D eigenvalue weighted by molar-refractivity contribution is 5.92. The Morgan fingerprint density at radius 1 is 0.913 bits per heavy atom. The van der Waals surface area contributed by atoms with Crippen molar-refractivity contribution < 1.29 is 14.3 Å². The molecule has 2 aromatic rings. The van der Waals surface area contributed by atoms with E-state index in [0.29, 0.717) is 11.6 Å². The number of aromatic nitrogens is 2. The molecule has 0 aromatic carbocycles. The summed E-state index contributed by atoms with van der Waals surface area (Å²) in [6, 6.07) is 7.15. The van der Waals surface area contributed by atoms with Crippen LogP contribution in [0, 0.1) is 13.8 Å². The summed E-state index contributed by atoms with van der Waals surface area (Å²) in [5.74, 6) is 0.160. The van der Waals surface area contributed by atoms with Crippen LogP contribution in [0.3, 0.4) is 0 Å². The second-order valence-corrected chi connectivity index (χ2v) is 5.03. The van der Waals surface area contributed by atoms with Crippen LogP contribution in [0.4, 0.5) is 11.6 Å². The van der Waals surface area contributed by atoms with Crippen molar-refractivity contribution in [1.29, 1.82) is 0 Å². The van der Waals surface area contributed by atoms with Gasteiger partial charge in [0.05, 0.1) is 0 Å². The number of rotatable bonds is 6. The number of hydrogen-bond donors (Lipinski definition) is 2. The Balaban J connectivity index is 1.71. The highest BCUT2D eigenvalue weighted by Crippen LogP contribution is 2.06. The van der Waals surface area contributed by atoms with Gasteiger partial charge in [0, 0.05) is 12.4 Å². The molecule has 7 nitrogen and oxygen atoms in total. The van der Waals surface area contributed by atoms with Crippen molar-refractivity contribution >= 4 is 23.5 Å². The second kappa shape index (κ2) is 8.00. The summed E-state index contributed by atoms with van der Waals surface area (Å²) in [4.78, 5) is 31.4. The van der Waals surface area contributed by atoms with Gasteiger partial charge in [0.1, 0.15) is 24.8 Å². The zero-order chi connectivity index (χ0) is 16.7. The monoisotopic (exact) mass is 314 g/mol. The van der Waals surface area contributed by atoms with Crippen molar-refractivity contribution in [2.75, 3.05) is 23.8 Å². The lowest BCUT2D eigenvalue weighted by molar-refractivity contribution is -0.125. The van der Waals surface area contributed by atoms with E-state index in [-0.39, 0.29) is 25.0 Å². The summed E-state index contributed by atoms with van der Waals surface area (Å²) in [5.41, 5.74) is 1.97. The zero-order valence-corrected chi connectivity index (χ0v) is 13.0. The maximum atomic E-state index is 11.7. The average molecular weight is 314 g/mol. The standard InChI is InChI=1S/C16H18N4O3/c1-11-3-5-17-13(7-11)19-15(21)9-23-10-16(22)20-14-8-12(2)4-6-18-14/h3-8H,9-10H2,1-2H3,(H,17,19,21)(H,18,20,22). The summed E-state index contributed by atoms with van der Waals surface area (Å²) >= 11 is 0. The topological polar surface area (TPSA) is 93.2 Å². The van der Waals surface area contributed by atoms with Crippen LogP contribution in [0.5, 0.6) is 0 Å². The maximum Gasteiger partial charge on any atom is 0.251 e. The third-order valence-electron chi connectivity index (χ3n) is 2.83. The summed E-state index contributed by atoms with van der Waals surface area (Å²) in [6.07, 6.45) is 3.21. The highest BCUT2D eigenvalue weighted by Gasteiger charge is 2.07. The minimum absolute atomic E-state index is 0.232. The van der Waals surface area contributed by atoms with Crippen LogP contribution in [-0.4, -0.2) is 35.0 Å². The van der Waals surface area contributed by atoms with Crippen LogP contribution in [0.15, 0.2) is 36.7 Å². The Morgan fingerprint density at radius 3 is 1.74 bits per heavy atom. The number of ether oxygens (including phenoxy) is 1. The molecular formula is C16H18N4O3. The molecule has 0 fully saturated rings. The van der Waals surface area contributed by atoms with Gasteiger partial charge in [-0.2, -0.15) is 0 Å². The molecule has 0 unspecified atom stereocenters. The minimum Gasteiger partial charge on any atom is -0.362 e. The lowest BCUT2D eigenvalue weighted by atomic mass is 10.3. The molecule has 0 aliphatic heterocycles. The van der Waals surface area contributed by atoms with Crippen LogP contribution >= 0.6 is 0 Å². The molecule has 120 valence electrons. The third-order valence-corrected chi connectivity index (χ3v) is 2.83. The molecule has 2 aromatic heterocycles. The first kappa shape index (κ1) is 16.6. The fourth-order valence-electron chi connectivity index (χ4n) is 1.80. The largest absolute Gasteiger partial charge is 0.362 e. The molecular weight excluding hydrogens is 296 g/mol. The van der Waals surface area contributed by atoms with Crippen LogP contribution < -0.4 is 10.6 Å². The van der Waals surface area contributed by atoms with Crippen molar-refractivity contribution in [2.24, 2.45) is 0 Å². The maximum absolute atomic E-state index is 11.7. The number of amides is 2. The van der Waals surface area contributed by atoms with Crippen molar-refractivity contribution in [2.45, 2.75) is 13.8 Å². The number of hydrogen-bond acceptors (Lipinski definition) is 5. The van der Waals surface area contributed by atoms with E-state index in [2.05, 4.69) is 20.6 Å². The Bertz CT molecular complexity index is 644. The highest BCUT2D eigenvalue weighted by atomic mass is 16.5. The second-order valence-electron chi connectivity index (χ2n) is 5.03. The SMILES string of the molecule is Cc1ccnc(NC(=O)COCC(=O)Nc2cc(C)ccn2)c1. The first-order valence-electron chi connectivity index (χ1n) is 7.06. The lowest BCUT2D eigenvalue weighted by Gasteiger charge is -2.07. The molecule has 7 heteroatoms. The van der Waals surface area contributed by atoms with E-state index in [0.717, 1.165) is 11.1 Å². The van der Waals surface area contributed by atoms with Gasteiger partial charge < -0.3 is 15.4 Å². The van der Waals surface area contributed by atoms with Gasteiger partial charge in [-0.05, 0) is 49.2 Å². The molecule has 0 aliphatic rings. The van der Waals surface area contributed by atoms with Gasteiger partial charge in [-0.1, -0.05) is 0 Å². The van der Waals surface area contributed by atoms with Gasteiger partial charge in [0.2, 0.25) is 0 Å². The molecule has 2 rings (SSSR count). The third kappa shape index (κ3) is 5.84. The summed E-state index contributed by atoms with van der Waals surface area (Å²) in [7, 11) is 0. The zero-order valence-electron chi connectivity index (χ0n) is 13.0. The smallest absolute Gasteiger partial charge is 0.251 e. The van der Waals surface area contributed by atoms with Gasteiger partial charge in [0.25, 0.3) is 11.8 Å². The predicted octanol–water partition coefficient (Wildman–Crippen LogP) is 1.69. The lowest BCUT2D eigenvalue weighted by Crippen LogP contribution is -2.24. The van der Waals surface area contributed by atoms with Gasteiger partial charge in [-0.25, -0.2) is 9.97 Å². The molecule has 0 saturated heterocycles. The fraction of sp³-hybridized carbons (Fsp3) is 0.250. The van der Waals surface area contributed by atoms with Crippen LogP contribution in [0.1, 0.15) is 11.1 Å².